The van der Waals surface area contributed by atoms with Gasteiger partial charge in [0.2, 0.25) is 0 Å². The molecule has 0 aliphatic heterocycles. The maximum Gasteiger partial charge on any atom is 0.0441 e. The van der Waals surface area contributed by atoms with Crippen LogP contribution in [0.5, 0.6) is 0 Å². The molecule has 19 heavy (non-hydrogen) atoms. The van der Waals surface area contributed by atoms with Gasteiger partial charge in [-0.05, 0) is 55.2 Å². The number of nitrogens with zero attached hydrogens (tertiary/aromatic N) is 1. The summed E-state index contributed by atoms with van der Waals surface area (Å²) in [5, 5.41) is 0. The summed E-state index contributed by atoms with van der Waals surface area (Å²) in [6, 6.07) is 0. The molecule has 1 aromatic heterocycles. The molecule has 108 valence electrons. The quantitative estimate of drug-likeness (QED) is 0.596. The third-order valence-corrected chi connectivity index (χ3v) is 4.11. The molecule has 1 aromatic rings. The summed E-state index contributed by atoms with van der Waals surface area (Å²) in [4.78, 5) is 5.01. The van der Waals surface area contributed by atoms with E-state index in [1.165, 1.54) is 42.6 Å². The van der Waals surface area contributed by atoms with Crippen LogP contribution in [0.15, 0.2) is 0 Å². The summed E-state index contributed by atoms with van der Waals surface area (Å²) < 4.78 is 0. The van der Waals surface area contributed by atoms with Crippen LogP contribution in [0.4, 0.5) is 0 Å². The van der Waals surface area contributed by atoms with Gasteiger partial charge in [-0.1, -0.05) is 47.5 Å². The van der Waals surface area contributed by atoms with E-state index in [9.17, 15) is 0 Å². The molecule has 0 atom stereocenters. The minimum absolute atomic E-state index is 1.07. The minimum Gasteiger partial charge on any atom is -0.257 e. The van der Waals surface area contributed by atoms with Crippen LogP contribution in [0.1, 0.15) is 82.0 Å². The molecule has 0 unspecified atom stereocenters. The van der Waals surface area contributed by atoms with E-state index in [2.05, 4.69) is 34.6 Å². The van der Waals surface area contributed by atoms with Gasteiger partial charge in [0.05, 0.1) is 0 Å². The standard InChI is InChI=1S/C18H31N/c1-6-11-12-13-18-16(9-4)14(7-2)15(8-3)17(10-5)19-18/h6-13H2,1-5H3. The summed E-state index contributed by atoms with van der Waals surface area (Å²) in [6.45, 7) is 11.4. The third kappa shape index (κ3) is 3.81. The Morgan fingerprint density at radius 1 is 0.632 bits per heavy atom. The Hall–Kier alpha value is -0.850. The average molecular weight is 261 g/mol. The van der Waals surface area contributed by atoms with Crippen LogP contribution in [-0.4, -0.2) is 4.98 Å². The van der Waals surface area contributed by atoms with E-state index in [4.69, 9.17) is 4.98 Å². The Balaban J connectivity index is 3.21. The molecule has 0 fully saturated rings. The lowest BCUT2D eigenvalue weighted by Crippen LogP contribution is -2.10. The number of rotatable bonds is 8. The van der Waals surface area contributed by atoms with Crippen molar-refractivity contribution in [2.45, 2.75) is 86.0 Å². The van der Waals surface area contributed by atoms with Crippen LogP contribution in [-0.2, 0) is 32.1 Å². The van der Waals surface area contributed by atoms with Crippen molar-refractivity contribution in [3.05, 3.63) is 28.1 Å². The first-order chi connectivity index (χ1) is 9.23. The van der Waals surface area contributed by atoms with Crippen molar-refractivity contribution in [3.63, 3.8) is 0 Å². The summed E-state index contributed by atoms with van der Waals surface area (Å²) in [7, 11) is 0. The maximum atomic E-state index is 5.01. The normalized spacial score (nSPS) is 11.0. The highest BCUT2D eigenvalue weighted by Crippen LogP contribution is 2.24. The number of pyridine rings is 1. The molecule has 0 bridgehead atoms. The number of unbranched alkanes of at least 4 members (excludes halogenated alkanes) is 2. The average Bonchev–Trinajstić information content (AvgIpc) is 2.45. The summed E-state index contributed by atoms with van der Waals surface area (Å²) >= 11 is 0. The third-order valence-electron chi connectivity index (χ3n) is 4.11. The molecule has 0 saturated heterocycles. The lowest BCUT2D eigenvalue weighted by atomic mass is 9.91. The second-order valence-electron chi connectivity index (χ2n) is 5.31. The summed E-state index contributed by atoms with van der Waals surface area (Å²) in [5.74, 6) is 0. The molecule has 0 amide bonds. The topological polar surface area (TPSA) is 12.9 Å². The van der Waals surface area contributed by atoms with Gasteiger partial charge in [-0.15, -0.1) is 0 Å². The highest BCUT2D eigenvalue weighted by Gasteiger charge is 2.15. The van der Waals surface area contributed by atoms with Crippen molar-refractivity contribution in [3.8, 4) is 0 Å². The number of aryl methyl sites for hydroxylation is 2. The lowest BCUT2D eigenvalue weighted by molar-refractivity contribution is 0.694. The molecule has 0 N–H and O–H groups in total. The predicted octanol–water partition coefficient (Wildman–Crippen LogP) is 5.06. The fourth-order valence-electron chi connectivity index (χ4n) is 3.13. The largest absolute Gasteiger partial charge is 0.257 e. The van der Waals surface area contributed by atoms with Gasteiger partial charge >= 0.3 is 0 Å². The second-order valence-corrected chi connectivity index (χ2v) is 5.31. The highest BCUT2D eigenvalue weighted by atomic mass is 14.7. The summed E-state index contributed by atoms with van der Waals surface area (Å²) in [6.07, 6.45) is 9.55. The van der Waals surface area contributed by atoms with Gasteiger partial charge in [0.15, 0.2) is 0 Å². The van der Waals surface area contributed by atoms with E-state index < -0.39 is 0 Å². The molecule has 1 heteroatoms. The first-order valence-electron chi connectivity index (χ1n) is 8.25. The van der Waals surface area contributed by atoms with Gasteiger partial charge in [-0.25, -0.2) is 0 Å². The molecular weight excluding hydrogens is 230 g/mol. The Bertz CT molecular complexity index is 393. The second kappa shape index (κ2) is 8.35. The van der Waals surface area contributed by atoms with Gasteiger partial charge in [0.25, 0.3) is 0 Å². The number of aromatic nitrogens is 1. The van der Waals surface area contributed by atoms with E-state index >= 15 is 0 Å². The van der Waals surface area contributed by atoms with Gasteiger partial charge < -0.3 is 0 Å². The van der Waals surface area contributed by atoms with Gasteiger partial charge in [0, 0.05) is 11.4 Å². The first-order valence-corrected chi connectivity index (χ1v) is 8.25. The first kappa shape index (κ1) is 16.2. The van der Waals surface area contributed by atoms with Crippen LogP contribution in [0.3, 0.4) is 0 Å². The Kier molecular flexibility index (Phi) is 7.12. The van der Waals surface area contributed by atoms with Crippen molar-refractivity contribution < 1.29 is 0 Å². The van der Waals surface area contributed by atoms with Crippen molar-refractivity contribution in [2.24, 2.45) is 0 Å². The van der Waals surface area contributed by atoms with Crippen molar-refractivity contribution >= 4 is 0 Å². The van der Waals surface area contributed by atoms with Gasteiger partial charge in [-0.3, -0.25) is 4.98 Å². The molecule has 1 nitrogen and oxygen atoms in total. The molecule has 0 aliphatic carbocycles. The fraction of sp³-hybridized carbons (Fsp3) is 0.722. The minimum atomic E-state index is 1.07. The van der Waals surface area contributed by atoms with Crippen molar-refractivity contribution in [2.75, 3.05) is 0 Å². The predicted molar refractivity (Wildman–Crippen MR) is 85.0 cm³/mol. The van der Waals surface area contributed by atoms with Gasteiger partial charge in [-0.2, -0.15) is 0 Å². The SMILES string of the molecule is CCCCCc1nc(CC)c(CC)c(CC)c1CC. The molecule has 0 saturated carbocycles. The molecule has 1 heterocycles. The number of hydrogen-bond acceptors (Lipinski definition) is 1. The van der Waals surface area contributed by atoms with E-state index in [0.717, 1.165) is 25.7 Å². The Labute approximate surface area is 119 Å². The van der Waals surface area contributed by atoms with E-state index in [-0.39, 0.29) is 0 Å². The summed E-state index contributed by atoms with van der Waals surface area (Å²) in [5.41, 5.74) is 7.42. The monoisotopic (exact) mass is 261 g/mol. The Morgan fingerprint density at radius 2 is 1.21 bits per heavy atom. The van der Waals surface area contributed by atoms with Crippen molar-refractivity contribution in [1.82, 2.24) is 4.98 Å². The van der Waals surface area contributed by atoms with Crippen LogP contribution in [0, 0.1) is 0 Å². The molecule has 1 rings (SSSR count). The number of hydrogen-bond donors (Lipinski definition) is 0. The molecule has 0 aliphatic rings. The Morgan fingerprint density at radius 3 is 1.68 bits per heavy atom. The van der Waals surface area contributed by atoms with Crippen LogP contribution >= 0.6 is 0 Å². The zero-order chi connectivity index (χ0) is 14.3. The molecule has 0 spiro atoms. The van der Waals surface area contributed by atoms with E-state index in [1.807, 2.05) is 0 Å². The van der Waals surface area contributed by atoms with E-state index in [0.29, 0.717) is 0 Å². The zero-order valence-corrected chi connectivity index (χ0v) is 13.6. The molecular formula is C18H31N. The van der Waals surface area contributed by atoms with E-state index in [1.54, 1.807) is 11.1 Å². The maximum absolute atomic E-state index is 5.01. The van der Waals surface area contributed by atoms with Crippen LogP contribution in [0.25, 0.3) is 0 Å². The van der Waals surface area contributed by atoms with Crippen LogP contribution < -0.4 is 0 Å². The highest BCUT2D eigenvalue weighted by molar-refractivity contribution is 5.41. The fourth-order valence-corrected chi connectivity index (χ4v) is 3.13. The molecule has 0 radical (unpaired) electrons. The zero-order valence-electron chi connectivity index (χ0n) is 13.6. The smallest absolute Gasteiger partial charge is 0.0441 e. The lowest BCUT2D eigenvalue weighted by Gasteiger charge is -2.19. The van der Waals surface area contributed by atoms with Crippen molar-refractivity contribution in [1.29, 1.82) is 0 Å². The van der Waals surface area contributed by atoms with Gasteiger partial charge in [0.1, 0.15) is 0 Å². The van der Waals surface area contributed by atoms with Crippen LogP contribution in [0.2, 0.25) is 0 Å². The molecule has 0 aromatic carbocycles.